The Morgan fingerprint density at radius 2 is 1.82 bits per heavy atom. The Morgan fingerprint density at radius 1 is 1.11 bits per heavy atom. The van der Waals surface area contributed by atoms with Crippen molar-refractivity contribution in [2.75, 3.05) is 11.9 Å². The van der Waals surface area contributed by atoms with Crippen LogP contribution >= 0.6 is 11.6 Å². The quantitative estimate of drug-likeness (QED) is 0.672. The Bertz CT molecular complexity index is 897. The summed E-state index contributed by atoms with van der Waals surface area (Å²) in [6.07, 6.45) is -9.02. The van der Waals surface area contributed by atoms with Crippen LogP contribution in [-0.2, 0) is 17.2 Å². The number of benzene rings is 1. The molecule has 0 spiro atoms. The van der Waals surface area contributed by atoms with Gasteiger partial charge >= 0.3 is 12.4 Å². The molecule has 2 aromatic rings. The lowest BCUT2D eigenvalue weighted by atomic mass is 9.99. The first-order valence-electron chi connectivity index (χ1n) is 7.91. The molecule has 1 atom stereocenters. The summed E-state index contributed by atoms with van der Waals surface area (Å²) in [6, 6.07) is 5.73. The summed E-state index contributed by atoms with van der Waals surface area (Å²) in [5.41, 5.74) is -1.76. The van der Waals surface area contributed by atoms with Crippen LogP contribution in [0.5, 0.6) is 0 Å². The summed E-state index contributed by atoms with van der Waals surface area (Å²) in [5.74, 6) is 0.00223. The van der Waals surface area contributed by atoms with E-state index in [1.807, 2.05) is 0 Å². The number of nitrogens with zero attached hydrogens (tertiary/aromatic N) is 2. The van der Waals surface area contributed by atoms with Gasteiger partial charge in [0.05, 0.1) is 28.4 Å². The largest absolute Gasteiger partial charge is 0.417 e. The van der Waals surface area contributed by atoms with Crippen molar-refractivity contribution < 1.29 is 31.2 Å². The van der Waals surface area contributed by atoms with E-state index < -0.39 is 29.6 Å². The van der Waals surface area contributed by atoms with Crippen LogP contribution in [0, 0.1) is 0 Å². The zero-order valence-electron chi connectivity index (χ0n) is 13.9. The van der Waals surface area contributed by atoms with E-state index in [9.17, 15) is 26.3 Å². The molecule has 1 N–H and O–H groups in total. The second-order valence-electron chi connectivity index (χ2n) is 5.95. The molecule has 0 radical (unpaired) electrons. The van der Waals surface area contributed by atoms with Crippen molar-refractivity contribution in [2.45, 2.75) is 24.9 Å². The van der Waals surface area contributed by atoms with Crippen LogP contribution in [0.25, 0.3) is 0 Å². The highest BCUT2D eigenvalue weighted by atomic mass is 35.5. The maximum Gasteiger partial charge on any atom is 0.417 e. The zero-order valence-corrected chi connectivity index (χ0v) is 14.7. The molecule has 0 fully saturated rings. The lowest BCUT2D eigenvalue weighted by molar-refractivity contribution is -0.138. The summed E-state index contributed by atoms with van der Waals surface area (Å²) in [4.78, 5) is 8.76. The highest BCUT2D eigenvalue weighted by Crippen LogP contribution is 2.34. The summed E-state index contributed by atoms with van der Waals surface area (Å²) < 4.78 is 77.2. The second-order valence-corrected chi connectivity index (χ2v) is 6.35. The molecule has 0 saturated heterocycles. The van der Waals surface area contributed by atoms with Crippen molar-refractivity contribution in [1.82, 2.24) is 4.98 Å². The number of anilines is 1. The second kappa shape index (κ2) is 7.50. The van der Waals surface area contributed by atoms with Crippen LogP contribution in [0.4, 0.5) is 32.2 Å². The summed E-state index contributed by atoms with van der Waals surface area (Å²) in [6.45, 7) is 0.0409. The molecule has 4 nitrogen and oxygen atoms in total. The van der Waals surface area contributed by atoms with Crippen LogP contribution in [-0.4, -0.2) is 23.3 Å². The van der Waals surface area contributed by atoms with E-state index in [0.717, 1.165) is 12.1 Å². The van der Waals surface area contributed by atoms with Crippen molar-refractivity contribution >= 4 is 23.1 Å². The number of pyridine rings is 1. The van der Waals surface area contributed by atoms with Crippen molar-refractivity contribution in [2.24, 2.45) is 5.16 Å². The van der Waals surface area contributed by atoms with Gasteiger partial charge in [-0.2, -0.15) is 26.3 Å². The number of nitrogens with one attached hydrogen (secondary N) is 1. The van der Waals surface area contributed by atoms with Gasteiger partial charge in [0.1, 0.15) is 11.9 Å². The molecule has 3 rings (SSSR count). The van der Waals surface area contributed by atoms with Gasteiger partial charge in [-0.25, -0.2) is 4.98 Å². The molecule has 2 heterocycles. The first-order valence-corrected chi connectivity index (χ1v) is 8.29. The van der Waals surface area contributed by atoms with E-state index in [2.05, 4.69) is 15.5 Å². The topological polar surface area (TPSA) is 46.5 Å². The number of hydrogen-bond acceptors (Lipinski definition) is 4. The van der Waals surface area contributed by atoms with Gasteiger partial charge in [-0.3, -0.25) is 0 Å². The molecule has 1 aliphatic heterocycles. The van der Waals surface area contributed by atoms with Gasteiger partial charge in [0, 0.05) is 18.2 Å². The molecular formula is C17H12ClF6N3O. The minimum Gasteiger partial charge on any atom is -0.390 e. The van der Waals surface area contributed by atoms with E-state index in [4.69, 9.17) is 16.4 Å². The number of rotatable bonds is 4. The standard InChI is InChI=1S/C17H12ClF6N3O/c18-13-5-9(16(19,20)21)7-25-15(13)26-8-10-6-14(27-28-10)11-3-1-2-4-12(11)17(22,23)24/h1-5,7,10H,6,8H2,(H,25,26)/t10-/m0/s1. The number of halogens is 7. The Morgan fingerprint density at radius 3 is 2.46 bits per heavy atom. The monoisotopic (exact) mass is 423 g/mol. The van der Waals surface area contributed by atoms with Crippen LogP contribution in [0.2, 0.25) is 5.02 Å². The third-order valence-electron chi connectivity index (χ3n) is 3.94. The number of oxime groups is 1. The maximum absolute atomic E-state index is 13.1. The number of alkyl halides is 6. The Hall–Kier alpha value is -2.49. The predicted octanol–water partition coefficient (Wildman–Crippen LogP) is 5.38. The molecule has 0 unspecified atom stereocenters. The zero-order chi connectivity index (χ0) is 20.5. The van der Waals surface area contributed by atoms with Crippen molar-refractivity contribution in [3.05, 3.63) is 58.2 Å². The molecule has 0 aliphatic carbocycles. The van der Waals surface area contributed by atoms with Crippen LogP contribution in [0.3, 0.4) is 0 Å². The normalized spacial score (nSPS) is 17.2. The molecule has 1 aliphatic rings. The molecular weight excluding hydrogens is 412 g/mol. The molecule has 150 valence electrons. The first kappa shape index (κ1) is 20.2. The van der Waals surface area contributed by atoms with Crippen molar-refractivity contribution in [3.8, 4) is 0 Å². The smallest absolute Gasteiger partial charge is 0.390 e. The van der Waals surface area contributed by atoms with Gasteiger partial charge in [-0.15, -0.1) is 0 Å². The molecule has 1 aromatic carbocycles. The fourth-order valence-corrected chi connectivity index (χ4v) is 2.85. The summed E-state index contributed by atoms with van der Waals surface area (Å²) in [5, 5.41) is 6.20. The molecule has 0 bridgehead atoms. The average molecular weight is 424 g/mol. The SMILES string of the molecule is FC(F)(F)c1cnc(NC[C@@H]2CC(c3ccccc3C(F)(F)F)=NO2)c(Cl)c1. The van der Waals surface area contributed by atoms with E-state index in [1.165, 1.54) is 18.2 Å². The molecule has 0 amide bonds. The Kier molecular flexibility index (Phi) is 5.42. The van der Waals surface area contributed by atoms with Crippen molar-refractivity contribution in [3.63, 3.8) is 0 Å². The van der Waals surface area contributed by atoms with Gasteiger partial charge in [0.25, 0.3) is 0 Å². The molecule has 28 heavy (non-hydrogen) atoms. The van der Waals surface area contributed by atoms with E-state index in [0.29, 0.717) is 6.20 Å². The Balaban J connectivity index is 1.65. The highest BCUT2D eigenvalue weighted by molar-refractivity contribution is 6.32. The van der Waals surface area contributed by atoms with Gasteiger partial charge in [-0.05, 0) is 12.1 Å². The van der Waals surface area contributed by atoms with Crippen LogP contribution in [0.1, 0.15) is 23.1 Å². The first-order chi connectivity index (χ1) is 13.1. The molecule has 1 aromatic heterocycles. The number of aromatic nitrogens is 1. The van der Waals surface area contributed by atoms with Gasteiger partial charge in [0.15, 0.2) is 0 Å². The summed E-state index contributed by atoms with van der Waals surface area (Å²) in [7, 11) is 0. The highest BCUT2D eigenvalue weighted by Gasteiger charge is 2.36. The molecule has 0 saturated carbocycles. The number of hydrogen-bond donors (Lipinski definition) is 1. The Labute approximate surface area is 160 Å². The van der Waals surface area contributed by atoms with Crippen LogP contribution < -0.4 is 5.32 Å². The lowest BCUT2D eigenvalue weighted by Crippen LogP contribution is -2.21. The summed E-state index contributed by atoms with van der Waals surface area (Å²) >= 11 is 5.80. The fraction of sp³-hybridized carbons (Fsp3) is 0.294. The van der Waals surface area contributed by atoms with Crippen LogP contribution in [0.15, 0.2) is 41.7 Å². The van der Waals surface area contributed by atoms with Gasteiger partial charge in [0.2, 0.25) is 0 Å². The van der Waals surface area contributed by atoms with E-state index >= 15 is 0 Å². The minimum atomic E-state index is -4.57. The minimum absolute atomic E-state index is 0.00223. The predicted molar refractivity (Wildman–Crippen MR) is 90.2 cm³/mol. The van der Waals surface area contributed by atoms with E-state index in [-0.39, 0.29) is 35.1 Å². The van der Waals surface area contributed by atoms with Gasteiger partial charge in [-0.1, -0.05) is 35.0 Å². The average Bonchev–Trinajstić information content (AvgIpc) is 3.08. The lowest BCUT2D eigenvalue weighted by Gasteiger charge is -2.14. The van der Waals surface area contributed by atoms with E-state index in [1.54, 1.807) is 0 Å². The van der Waals surface area contributed by atoms with Crippen molar-refractivity contribution in [1.29, 1.82) is 0 Å². The molecule has 11 heteroatoms. The fourth-order valence-electron chi connectivity index (χ4n) is 2.61. The third kappa shape index (κ3) is 4.49. The maximum atomic E-state index is 13.1. The van der Waals surface area contributed by atoms with Gasteiger partial charge < -0.3 is 10.2 Å². The third-order valence-corrected chi connectivity index (χ3v) is 4.23.